The van der Waals surface area contributed by atoms with Crippen LogP contribution < -0.4 is 5.73 Å². The van der Waals surface area contributed by atoms with Crippen LogP contribution in [0, 0.1) is 17.7 Å². The fraction of sp³-hybridized carbons (Fsp3) is 0.462. The first-order valence-electron chi connectivity index (χ1n) is 5.94. The van der Waals surface area contributed by atoms with Crippen molar-refractivity contribution in [2.75, 3.05) is 6.54 Å². The largest absolute Gasteiger partial charge is 0.330 e. The minimum absolute atomic E-state index is 0.0388. The maximum atomic E-state index is 14.0. The van der Waals surface area contributed by atoms with Gasteiger partial charge in [-0.05, 0) is 53.4 Å². The first-order chi connectivity index (χ1) is 8.56. The Kier molecular flexibility index (Phi) is 4.41. The molecule has 2 N–H and O–H groups in total. The highest BCUT2D eigenvalue weighted by molar-refractivity contribution is 9.10. The molecular formula is C13H14BrClFNO. The Morgan fingerprint density at radius 2 is 2.22 bits per heavy atom. The van der Waals surface area contributed by atoms with Gasteiger partial charge in [0.2, 0.25) is 0 Å². The molecule has 98 valence electrons. The van der Waals surface area contributed by atoms with Crippen molar-refractivity contribution in [2.24, 2.45) is 17.6 Å². The zero-order chi connectivity index (χ0) is 13.3. The Morgan fingerprint density at radius 3 is 2.89 bits per heavy atom. The van der Waals surface area contributed by atoms with Crippen LogP contribution >= 0.6 is 27.5 Å². The summed E-state index contributed by atoms with van der Waals surface area (Å²) >= 11 is 8.94. The van der Waals surface area contributed by atoms with Gasteiger partial charge in [-0.15, -0.1) is 0 Å². The molecule has 1 aromatic rings. The zero-order valence-electron chi connectivity index (χ0n) is 9.76. The zero-order valence-corrected chi connectivity index (χ0v) is 12.1. The van der Waals surface area contributed by atoms with E-state index in [-0.39, 0.29) is 28.2 Å². The van der Waals surface area contributed by atoms with E-state index in [4.69, 9.17) is 17.3 Å². The molecule has 18 heavy (non-hydrogen) atoms. The van der Waals surface area contributed by atoms with Gasteiger partial charge in [0.1, 0.15) is 0 Å². The van der Waals surface area contributed by atoms with Crippen LogP contribution in [-0.2, 0) is 0 Å². The van der Waals surface area contributed by atoms with Crippen LogP contribution in [-0.4, -0.2) is 12.3 Å². The van der Waals surface area contributed by atoms with E-state index in [2.05, 4.69) is 15.9 Å². The van der Waals surface area contributed by atoms with E-state index in [1.165, 1.54) is 6.07 Å². The fourth-order valence-electron chi connectivity index (χ4n) is 2.58. The first-order valence-corrected chi connectivity index (χ1v) is 7.11. The summed E-state index contributed by atoms with van der Waals surface area (Å²) in [6.07, 6.45) is 2.71. The summed E-state index contributed by atoms with van der Waals surface area (Å²) in [5, 5.41) is -0.0388. The third-order valence-electron chi connectivity index (χ3n) is 3.60. The van der Waals surface area contributed by atoms with Crippen LogP contribution in [0.4, 0.5) is 4.39 Å². The predicted molar refractivity (Wildman–Crippen MR) is 73.3 cm³/mol. The van der Waals surface area contributed by atoms with Crippen LogP contribution in [0.5, 0.6) is 0 Å². The average molecular weight is 335 g/mol. The molecule has 0 amide bonds. The number of halogens is 3. The third kappa shape index (κ3) is 2.46. The lowest BCUT2D eigenvalue weighted by Gasteiger charge is -2.17. The molecule has 0 spiro atoms. The molecule has 1 aliphatic rings. The Bertz CT molecular complexity index is 480. The lowest BCUT2D eigenvalue weighted by atomic mass is 9.88. The monoisotopic (exact) mass is 333 g/mol. The minimum Gasteiger partial charge on any atom is -0.330 e. The molecule has 2 atom stereocenters. The Hall–Kier alpha value is -0.450. The fourth-order valence-corrected chi connectivity index (χ4v) is 3.05. The van der Waals surface area contributed by atoms with Gasteiger partial charge in [0, 0.05) is 10.4 Å². The maximum Gasteiger partial charge on any atom is 0.169 e. The molecule has 0 aliphatic heterocycles. The summed E-state index contributed by atoms with van der Waals surface area (Å²) in [7, 11) is 0. The van der Waals surface area contributed by atoms with Crippen LogP contribution in [0.25, 0.3) is 0 Å². The molecule has 2 rings (SSSR count). The first kappa shape index (κ1) is 14.0. The summed E-state index contributed by atoms with van der Waals surface area (Å²) in [5.41, 5.74) is 5.73. The van der Waals surface area contributed by atoms with Gasteiger partial charge in [0.15, 0.2) is 11.6 Å². The van der Waals surface area contributed by atoms with Crippen molar-refractivity contribution in [3.63, 3.8) is 0 Å². The van der Waals surface area contributed by atoms with Crippen molar-refractivity contribution >= 4 is 33.3 Å². The normalized spacial score (nSPS) is 23.3. The molecule has 2 nitrogen and oxygen atoms in total. The number of carbonyl (C=O) groups is 1. The van der Waals surface area contributed by atoms with E-state index in [1.807, 2.05) is 0 Å². The van der Waals surface area contributed by atoms with Crippen molar-refractivity contribution in [1.29, 1.82) is 0 Å². The van der Waals surface area contributed by atoms with Crippen molar-refractivity contribution < 1.29 is 9.18 Å². The molecule has 0 heterocycles. The number of nitrogens with two attached hydrogens (primary N) is 1. The van der Waals surface area contributed by atoms with E-state index >= 15 is 0 Å². The molecule has 1 aromatic carbocycles. The average Bonchev–Trinajstić information content (AvgIpc) is 2.83. The summed E-state index contributed by atoms with van der Waals surface area (Å²) < 4.78 is 14.4. The van der Waals surface area contributed by atoms with Crippen LogP contribution in [0.3, 0.4) is 0 Å². The lowest BCUT2D eigenvalue weighted by molar-refractivity contribution is 0.0889. The lowest BCUT2D eigenvalue weighted by Crippen LogP contribution is -2.25. The van der Waals surface area contributed by atoms with Gasteiger partial charge in [0.25, 0.3) is 0 Å². The van der Waals surface area contributed by atoms with Crippen LogP contribution in [0.2, 0.25) is 5.02 Å². The van der Waals surface area contributed by atoms with E-state index < -0.39 is 5.82 Å². The van der Waals surface area contributed by atoms with Gasteiger partial charge in [-0.25, -0.2) is 4.39 Å². The SMILES string of the molecule is NCC1CCCC1C(=O)c1ccc(Br)c(Cl)c1F. The van der Waals surface area contributed by atoms with Gasteiger partial charge < -0.3 is 5.73 Å². The topological polar surface area (TPSA) is 43.1 Å². The molecule has 2 unspecified atom stereocenters. The Labute approximate surface area is 119 Å². The van der Waals surface area contributed by atoms with E-state index in [0.29, 0.717) is 11.0 Å². The molecule has 1 saturated carbocycles. The van der Waals surface area contributed by atoms with E-state index in [9.17, 15) is 9.18 Å². The molecule has 5 heteroatoms. The number of carbonyl (C=O) groups excluding carboxylic acids is 1. The summed E-state index contributed by atoms with van der Waals surface area (Å²) in [5.74, 6) is -0.811. The Balaban J connectivity index is 2.32. The van der Waals surface area contributed by atoms with Crippen molar-refractivity contribution in [3.05, 3.63) is 33.0 Å². The molecule has 0 radical (unpaired) electrons. The van der Waals surface area contributed by atoms with Gasteiger partial charge in [-0.1, -0.05) is 18.0 Å². The number of rotatable bonds is 3. The highest BCUT2D eigenvalue weighted by Crippen LogP contribution is 2.36. The standard InChI is InChI=1S/C13H14BrClFNO/c14-10-5-4-9(12(16)11(10)15)13(18)8-3-1-2-7(8)6-17/h4-5,7-8H,1-3,6,17H2. The third-order valence-corrected chi connectivity index (χ3v) is 4.86. The molecule has 0 bridgehead atoms. The predicted octanol–water partition coefficient (Wildman–Crippen LogP) is 3.80. The van der Waals surface area contributed by atoms with Crippen molar-refractivity contribution in [2.45, 2.75) is 19.3 Å². The summed E-state index contributed by atoms with van der Waals surface area (Å²) in [6.45, 7) is 0.474. The van der Waals surface area contributed by atoms with Gasteiger partial charge in [-0.3, -0.25) is 4.79 Å². The molecule has 0 aromatic heterocycles. The van der Waals surface area contributed by atoms with Gasteiger partial charge >= 0.3 is 0 Å². The van der Waals surface area contributed by atoms with Gasteiger partial charge in [-0.2, -0.15) is 0 Å². The number of ketones is 1. The smallest absolute Gasteiger partial charge is 0.169 e. The highest BCUT2D eigenvalue weighted by Gasteiger charge is 2.34. The number of hydrogen-bond acceptors (Lipinski definition) is 2. The molecule has 0 saturated heterocycles. The molecule has 1 fully saturated rings. The highest BCUT2D eigenvalue weighted by atomic mass is 79.9. The van der Waals surface area contributed by atoms with E-state index in [1.54, 1.807) is 6.07 Å². The van der Waals surface area contributed by atoms with Crippen LogP contribution in [0.15, 0.2) is 16.6 Å². The van der Waals surface area contributed by atoms with Crippen LogP contribution in [0.1, 0.15) is 29.6 Å². The Morgan fingerprint density at radius 1 is 1.50 bits per heavy atom. The maximum absolute atomic E-state index is 14.0. The number of benzene rings is 1. The second kappa shape index (κ2) is 5.68. The summed E-state index contributed by atoms with van der Waals surface area (Å²) in [4.78, 5) is 12.3. The summed E-state index contributed by atoms with van der Waals surface area (Å²) in [6, 6.07) is 3.09. The van der Waals surface area contributed by atoms with Crippen molar-refractivity contribution in [1.82, 2.24) is 0 Å². The minimum atomic E-state index is -0.640. The molecular weight excluding hydrogens is 321 g/mol. The number of hydrogen-bond donors (Lipinski definition) is 1. The van der Waals surface area contributed by atoms with Crippen molar-refractivity contribution in [3.8, 4) is 0 Å². The van der Waals surface area contributed by atoms with Gasteiger partial charge in [0.05, 0.1) is 10.6 Å². The number of Topliss-reactive ketones (excluding diaryl/α,β-unsaturated/α-hetero) is 1. The second-order valence-electron chi connectivity index (χ2n) is 4.62. The second-order valence-corrected chi connectivity index (χ2v) is 5.85. The molecule has 1 aliphatic carbocycles. The quantitative estimate of drug-likeness (QED) is 0.675. The van der Waals surface area contributed by atoms with E-state index in [0.717, 1.165) is 19.3 Å².